The van der Waals surface area contributed by atoms with E-state index in [9.17, 15) is 0 Å². The maximum Gasteiger partial charge on any atom is 0.130 e. The molecule has 1 aliphatic heterocycles. The molecule has 0 unspecified atom stereocenters. The van der Waals surface area contributed by atoms with E-state index in [1.807, 2.05) is 6.92 Å². The number of fused-ring (bicyclic) bond motifs is 7. The predicted octanol–water partition coefficient (Wildman–Crippen LogP) is 13.3. The summed E-state index contributed by atoms with van der Waals surface area (Å²) in [6, 6.07) is 30.5. The van der Waals surface area contributed by atoms with Gasteiger partial charge in [0, 0.05) is 16.7 Å². The van der Waals surface area contributed by atoms with Crippen molar-refractivity contribution in [1.82, 2.24) is 0 Å². The molecule has 3 heteroatoms. The van der Waals surface area contributed by atoms with Crippen LogP contribution in [0.5, 0.6) is 17.2 Å². The number of ether oxygens (including phenoxy) is 3. The van der Waals surface area contributed by atoms with E-state index < -0.39 is 0 Å². The second kappa shape index (κ2) is 18.3. The lowest BCUT2D eigenvalue weighted by Gasteiger charge is -2.23. The normalized spacial score (nSPS) is 13.3. The number of hydrogen-bond acceptors (Lipinski definition) is 3. The molecule has 5 aromatic carbocycles. The van der Waals surface area contributed by atoms with Gasteiger partial charge in [-0.2, -0.15) is 0 Å². The fourth-order valence-electron chi connectivity index (χ4n) is 6.91. The Bertz CT molecular complexity index is 1710. The minimum absolute atomic E-state index is 0.697. The summed E-state index contributed by atoms with van der Waals surface area (Å²) in [4.78, 5) is 0. The van der Waals surface area contributed by atoms with Crippen LogP contribution in [0.25, 0.3) is 43.8 Å². The largest absolute Gasteiger partial charge is 0.493 e. The van der Waals surface area contributed by atoms with E-state index in [2.05, 4.69) is 105 Å². The lowest BCUT2D eigenvalue weighted by Crippen LogP contribution is -2.04. The van der Waals surface area contributed by atoms with Gasteiger partial charge in [-0.1, -0.05) is 131 Å². The van der Waals surface area contributed by atoms with Crippen molar-refractivity contribution in [2.45, 2.75) is 91.4 Å². The first-order valence-electron chi connectivity index (χ1n) is 18.3. The van der Waals surface area contributed by atoms with Crippen LogP contribution in [0.2, 0.25) is 0 Å². The van der Waals surface area contributed by atoms with Gasteiger partial charge in [0.15, 0.2) is 0 Å². The Morgan fingerprint density at radius 2 is 1.06 bits per heavy atom. The van der Waals surface area contributed by atoms with Crippen LogP contribution in [0.15, 0.2) is 97.6 Å². The van der Waals surface area contributed by atoms with E-state index in [0.717, 1.165) is 61.5 Å². The van der Waals surface area contributed by atoms with Crippen molar-refractivity contribution < 1.29 is 14.2 Å². The molecule has 0 spiro atoms. The van der Waals surface area contributed by atoms with Gasteiger partial charge in [-0.15, -0.1) is 6.58 Å². The molecule has 3 nitrogen and oxygen atoms in total. The summed E-state index contributed by atoms with van der Waals surface area (Å²) in [5.74, 6) is 2.78. The highest BCUT2D eigenvalue weighted by atomic mass is 16.5. The molecule has 0 aromatic heterocycles. The second-order valence-corrected chi connectivity index (χ2v) is 12.9. The second-order valence-electron chi connectivity index (χ2n) is 12.9. The van der Waals surface area contributed by atoms with Crippen LogP contribution in [0.4, 0.5) is 0 Å². The van der Waals surface area contributed by atoms with Gasteiger partial charge in [0.2, 0.25) is 0 Å². The minimum Gasteiger partial charge on any atom is -0.493 e. The first-order chi connectivity index (χ1) is 23.7. The number of unbranched alkanes of at least 4 members (excludes halogenated alkanes) is 5. The van der Waals surface area contributed by atoms with Gasteiger partial charge in [-0.25, -0.2) is 0 Å². The van der Waals surface area contributed by atoms with Gasteiger partial charge < -0.3 is 14.2 Å². The molecule has 48 heavy (non-hydrogen) atoms. The minimum atomic E-state index is 0.697. The molecule has 0 radical (unpaired) electrons. The molecule has 2 bridgehead atoms. The molecular formula is C45H54O3. The maximum absolute atomic E-state index is 6.66. The van der Waals surface area contributed by atoms with E-state index in [4.69, 9.17) is 14.2 Å². The highest BCUT2D eigenvalue weighted by Gasteiger charge is 2.24. The van der Waals surface area contributed by atoms with E-state index in [0.29, 0.717) is 13.2 Å². The molecule has 0 N–H and O–H groups in total. The number of aryl methyl sites for hydroxylation is 1. The van der Waals surface area contributed by atoms with Crippen molar-refractivity contribution in [3.05, 3.63) is 103 Å². The van der Waals surface area contributed by atoms with Crippen molar-refractivity contribution in [2.24, 2.45) is 0 Å². The van der Waals surface area contributed by atoms with Crippen molar-refractivity contribution in [3.8, 4) is 39.5 Å². The molecule has 0 saturated heterocycles. The fourth-order valence-corrected chi connectivity index (χ4v) is 6.91. The van der Waals surface area contributed by atoms with Crippen molar-refractivity contribution in [1.29, 1.82) is 0 Å². The summed E-state index contributed by atoms with van der Waals surface area (Å²) in [6.07, 6.45) is 14.8. The fraction of sp³-hybridized carbons (Fsp3) is 0.378. The Hall–Kier alpha value is -4.24. The first kappa shape index (κ1) is 35.1. The standard InChI is InChI=1S/C42H48O3.C3H6/c1-3-4-5-6-8-15-29-44-37-26-19-27-38-42(37)41-34-23-13-11-21-32(34)40(33-22-12-14-24-35(33)41)39-31(2)20-18-25-36(39)43-28-16-9-7-10-17-30-45-38;1-3-2/h11-14,18-27H,3-10,15-17,28-30H2,1-2H3;3H,1H2,2H3. The summed E-state index contributed by atoms with van der Waals surface area (Å²) in [5.41, 5.74) is 5.88. The van der Waals surface area contributed by atoms with Gasteiger partial charge in [0.05, 0.1) is 25.4 Å². The average molecular weight is 643 g/mol. The highest BCUT2D eigenvalue weighted by molar-refractivity contribution is 6.23. The zero-order chi connectivity index (χ0) is 33.6. The van der Waals surface area contributed by atoms with Crippen LogP contribution in [0.3, 0.4) is 0 Å². The molecule has 0 fully saturated rings. The molecule has 0 saturated carbocycles. The van der Waals surface area contributed by atoms with Crippen LogP contribution >= 0.6 is 0 Å². The monoisotopic (exact) mass is 642 g/mol. The molecule has 0 amide bonds. The summed E-state index contributed by atoms with van der Waals surface area (Å²) in [7, 11) is 0. The number of hydrogen-bond donors (Lipinski definition) is 0. The van der Waals surface area contributed by atoms with E-state index in [1.165, 1.54) is 82.3 Å². The third-order valence-electron chi connectivity index (χ3n) is 9.21. The molecule has 0 aliphatic carbocycles. The molecular weight excluding hydrogens is 588 g/mol. The number of rotatable bonds is 8. The Morgan fingerprint density at radius 1 is 0.583 bits per heavy atom. The number of allylic oxidation sites excluding steroid dienone is 1. The SMILES string of the molecule is C=CC.CCCCCCCCOc1cccc2c1-c1c3ccccc3c(c3ccccc13)-c1c(C)cccc1OCCCCCCCO2. The smallest absolute Gasteiger partial charge is 0.130 e. The molecule has 0 atom stereocenters. The number of benzene rings is 5. The van der Waals surface area contributed by atoms with Gasteiger partial charge in [-0.3, -0.25) is 0 Å². The molecule has 252 valence electrons. The molecule has 6 rings (SSSR count). The predicted molar refractivity (Wildman–Crippen MR) is 206 cm³/mol. The van der Waals surface area contributed by atoms with Crippen LogP contribution in [0.1, 0.15) is 90.0 Å². The zero-order valence-electron chi connectivity index (χ0n) is 29.5. The highest BCUT2D eigenvalue weighted by Crippen LogP contribution is 2.50. The van der Waals surface area contributed by atoms with E-state index >= 15 is 0 Å². The average Bonchev–Trinajstić information content (AvgIpc) is 3.10. The summed E-state index contributed by atoms with van der Waals surface area (Å²) >= 11 is 0. The first-order valence-corrected chi connectivity index (χ1v) is 18.3. The summed E-state index contributed by atoms with van der Waals surface area (Å²) < 4.78 is 19.9. The van der Waals surface area contributed by atoms with Gasteiger partial charge >= 0.3 is 0 Å². The maximum atomic E-state index is 6.66. The Kier molecular flexibility index (Phi) is 13.4. The van der Waals surface area contributed by atoms with Crippen LogP contribution < -0.4 is 14.2 Å². The van der Waals surface area contributed by atoms with Crippen molar-refractivity contribution in [3.63, 3.8) is 0 Å². The summed E-state index contributed by atoms with van der Waals surface area (Å²) in [6.45, 7) is 11.9. The zero-order valence-corrected chi connectivity index (χ0v) is 29.5. The molecule has 1 heterocycles. The Balaban J connectivity index is 0.00000145. The molecule has 1 aliphatic rings. The summed E-state index contributed by atoms with van der Waals surface area (Å²) in [5, 5.41) is 4.83. The van der Waals surface area contributed by atoms with Gasteiger partial charge in [0.1, 0.15) is 17.2 Å². The Morgan fingerprint density at radius 3 is 1.65 bits per heavy atom. The van der Waals surface area contributed by atoms with Gasteiger partial charge in [-0.05, 0) is 78.4 Å². The van der Waals surface area contributed by atoms with Crippen molar-refractivity contribution >= 4 is 21.5 Å². The van der Waals surface area contributed by atoms with E-state index in [-0.39, 0.29) is 0 Å². The quantitative estimate of drug-likeness (QED) is 0.0957. The van der Waals surface area contributed by atoms with Gasteiger partial charge in [0.25, 0.3) is 0 Å². The topological polar surface area (TPSA) is 27.7 Å². The van der Waals surface area contributed by atoms with Crippen LogP contribution in [-0.2, 0) is 0 Å². The lowest BCUT2D eigenvalue weighted by molar-refractivity contribution is 0.288. The van der Waals surface area contributed by atoms with Crippen LogP contribution in [0, 0.1) is 6.92 Å². The Labute approximate surface area is 288 Å². The molecule has 5 aromatic rings. The third-order valence-corrected chi connectivity index (χ3v) is 9.21. The van der Waals surface area contributed by atoms with Crippen LogP contribution in [-0.4, -0.2) is 19.8 Å². The lowest BCUT2D eigenvalue weighted by atomic mass is 9.84. The third kappa shape index (κ3) is 8.42. The van der Waals surface area contributed by atoms with E-state index in [1.54, 1.807) is 6.08 Å². The van der Waals surface area contributed by atoms with Crippen molar-refractivity contribution in [2.75, 3.05) is 19.8 Å².